The molecule has 26 heavy (non-hydrogen) atoms. The second-order valence-electron chi connectivity index (χ2n) is 6.16. The average Bonchev–Trinajstić information content (AvgIpc) is 2.69. The van der Waals surface area contributed by atoms with Crippen molar-refractivity contribution in [1.82, 2.24) is 4.98 Å². The lowest BCUT2D eigenvalue weighted by atomic mass is 9.92. The van der Waals surface area contributed by atoms with Gasteiger partial charge in [0.1, 0.15) is 17.1 Å². The maximum atomic E-state index is 14.3. The fourth-order valence-corrected chi connectivity index (χ4v) is 3.35. The van der Waals surface area contributed by atoms with Crippen LogP contribution < -0.4 is 4.74 Å². The van der Waals surface area contributed by atoms with Crippen molar-refractivity contribution in [1.29, 1.82) is 0 Å². The van der Waals surface area contributed by atoms with Gasteiger partial charge in [0.05, 0.1) is 7.11 Å². The summed E-state index contributed by atoms with van der Waals surface area (Å²) in [5, 5.41) is 0.794. The minimum absolute atomic E-state index is 0.315. The number of hydrogen-bond acceptors (Lipinski definition) is 2. The molecule has 0 aliphatic rings. The van der Waals surface area contributed by atoms with Crippen LogP contribution >= 0.6 is 0 Å². The predicted octanol–water partition coefficient (Wildman–Crippen LogP) is 5.64. The van der Waals surface area contributed by atoms with Gasteiger partial charge >= 0.3 is 0 Å². The van der Waals surface area contributed by atoms with Crippen molar-refractivity contribution >= 4 is 10.9 Å². The molecule has 0 fully saturated rings. The van der Waals surface area contributed by atoms with Crippen LogP contribution in [0.3, 0.4) is 0 Å². The first-order valence-electron chi connectivity index (χ1n) is 8.51. The standard InChI is InChI=1S/C23H18FNO/c1-26-21-13-6-5-10-18(21)22-17(14-16-8-3-2-4-9-16)15-25-23-19(22)11-7-12-20(23)24/h2-13,15H,14H2,1H3. The molecule has 4 rings (SSSR count). The van der Waals surface area contributed by atoms with E-state index in [2.05, 4.69) is 17.1 Å². The summed E-state index contributed by atoms with van der Waals surface area (Å²) in [6, 6.07) is 23.1. The molecule has 0 spiro atoms. The minimum Gasteiger partial charge on any atom is -0.496 e. The van der Waals surface area contributed by atoms with Crippen LogP contribution in [0.5, 0.6) is 5.75 Å². The third-order valence-electron chi connectivity index (χ3n) is 4.54. The van der Waals surface area contributed by atoms with E-state index in [1.807, 2.05) is 48.5 Å². The van der Waals surface area contributed by atoms with Gasteiger partial charge in [-0.25, -0.2) is 4.39 Å². The molecule has 1 aromatic heterocycles. The normalized spacial score (nSPS) is 10.8. The molecule has 2 nitrogen and oxygen atoms in total. The maximum Gasteiger partial charge on any atom is 0.149 e. The number of pyridine rings is 1. The maximum absolute atomic E-state index is 14.3. The van der Waals surface area contributed by atoms with Crippen LogP contribution in [0.1, 0.15) is 11.1 Å². The van der Waals surface area contributed by atoms with Crippen molar-refractivity contribution in [2.75, 3.05) is 7.11 Å². The van der Waals surface area contributed by atoms with E-state index in [9.17, 15) is 4.39 Å². The molecule has 1 heterocycles. The molecule has 4 aromatic rings. The lowest BCUT2D eigenvalue weighted by Gasteiger charge is -2.16. The molecule has 3 heteroatoms. The van der Waals surface area contributed by atoms with E-state index in [0.717, 1.165) is 27.8 Å². The number of hydrogen-bond donors (Lipinski definition) is 0. The molecular weight excluding hydrogens is 325 g/mol. The van der Waals surface area contributed by atoms with Gasteiger partial charge < -0.3 is 4.74 Å². The Morgan fingerprint density at radius 2 is 1.65 bits per heavy atom. The summed E-state index contributed by atoms with van der Waals surface area (Å²) in [5.74, 6) is 0.448. The van der Waals surface area contributed by atoms with Crippen LogP contribution in [0.15, 0.2) is 79.0 Å². The lowest BCUT2D eigenvalue weighted by Crippen LogP contribution is -1.98. The second kappa shape index (κ2) is 6.96. The summed E-state index contributed by atoms with van der Waals surface area (Å²) in [6.07, 6.45) is 2.49. The molecule has 0 saturated heterocycles. The first-order chi connectivity index (χ1) is 12.8. The van der Waals surface area contributed by atoms with Crippen LogP contribution in [0.4, 0.5) is 4.39 Å². The lowest BCUT2D eigenvalue weighted by molar-refractivity contribution is 0.416. The van der Waals surface area contributed by atoms with E-state index in [1.165, 1.54) is 11.6 Å². The van der Waals surface area contributed by atoms with Gasteiger partial charge in [-0.3, -0.25) is 4.98 Å². The Labute approximate surface area is 151 Å². The van der Waals surface area contributed by atoms with Gasteiger partial charge in [-0.05, 0) is 35.2 Å². The summed E-state index contributed by atoms with van der Waals surface area (Å²) in [4.78, 5) is 4.40. The Balaban J connectivity index is 2.00. The van der Waals surface area contributed by atoms with Crippen molar-refractivity contribution in [2.24, 2.45) is 0 Å². The number of benzene rings is 3. The van der Waals surface area contributed by atoms with E-state index in [0.29, 0.717) is 11.9 Å². The molecule has 0 atom stereocenters. The zero-order chi connectivity index (χ0) is 17.9. The number of ether oxygens (including phenoxy) is 1. The molecule has 0 radical (unpaired) electrons. The van der Waals surface area contributed by atoms with Crippen molar-refractivity contribution in [2.45, 2.75) is 6.42 Å². The highest BCUT2D eigenvalue weighted by molar-refractivity contribution is 5.98. The number of methoxy groups -OCH3 is 1. The Morgan fingerprint density at radius 1 is 0.885 bits per heavy atom. The molecule has 0 amide bonds. The van der Waals surface area contributed by atoms with Gasteiger partial charge in [-0.1, -0.05) is 60.7 Å². The molecule has 0 unspecified atom stereocenters. The SMILES string of the molecule is COc1ccccc1-c1c(Cc2ccccc2)cnc2c(F)cccc12. The van der Waals surface area contributed by atoms with Gasteiger partial charge in [0.2, 0.25) is 0 Å². The van der Waals surface area contributed by atoms with Gasteiger partial charge in [-0.2, -0.15) is 0 Å². The van der Waals surface area contributed by atoms with Gasteiger partial charge in [-0.15, -0.1) is 0 Å². The number of nitrogens with zero attached hydrogens (tertiary/aromatic N) is 1. The topological polar surface area (TPSA) is 22.1 Å². The second-order valence-corrected chi connectivity index (χ2v) is 6.16. The van der Waals surface area contributed by atoms with Crippen molar-refractivity contribution in [3.8, 4) is 16.9 Å². The number of rotatable bonds is 4. The molecule has 0 N–H and O–H groups in total. The molecule has 0 saturated carbocycles. The summed E-state index contributed by atoms with van der Waals surface area (Å²) in [7, 11) is 1.65. The van der Waals surface area contributed by atoms with E-state index in [-0.39, 0.29) is 5.82 Å². The summed E-state index contributed by atoms with van der Waals surface area (Å²) in [5.41, 5.74) is 4.51. The van der Waals surface area contributed by atoms with E-state index in [4.69, 9.17) is 4.74 Å². The van der Waals surface area contributed by atoms with Crippen LogP contribution in [-0.2, 0) is 6.42 Å². The van der Waals surface area contributed by atoms with E-state index in [1.54, 1.807) is 19.4 Å². The molecular formula is C23H18FNO. The Kier molecular flexibility index (Phi) is 4.36. The fraction of sp³-hybridized carbons (Fsp3) is 0.0870. The number of halogens is 1. The first kappa shape index (κ1) is 16.3. The summed E-state index contributed by atoms with van der Waals surface area (Å²) >= 11 is 0. The monoisotopic (exact) mass is 343 g/mol. The Morgan fingerprint density at radius 3 is 2.46 bits per heavy atom. The highest BCUT2D eigenvalue weighted by Gasteiger charge is 2.16. The highest BCUT2D eigenvalue weighted by Crippen LogP contribution is 2.38. The molecule has 0 bridgehead atoms. The van der Waals surface area contributed by atoms with Gasteiger partial charge in [0.15, 0.2) is 0 Å². The molecule has 3 aromatic carbocycles. The molecule has 128 valence electrons. The van der Waals surface area contributed by atoms with Gasteiger partial charge in [0, 0.05) is 17.1 Å². The summed E-state index contributed by atoms with van der Waals surface area (Å²) in [6.45, 7) is 0. The Bertz CT molecular complexity index is 1060. The largest absolute Gasteiger partial charge is 0.496 e. The number of fused-ring (bicyclic) bond motifs is 1. The summed E-state index contributed by atoms with van der Waals surface area (Å²) < 4.78 is 19.9. The van der Waals surface area contributed by atoms with Crippen LogP contribution in [0.2, 0.25) is 0 Å². The number of para-hydroxylation sites is 2. The minimum atomic E-state index is -0.315. The third-order valence-corrected chi connectivity index (χ3v) is 4.54. The zero-order valence-corrected chi connectivity index (χ0v) is 14.4. The van der Waals surface area contributed by atoms with Crippen molar-refractivity contribution < 1.29 is 9.13 Å². The van der Waals surface area contributed by atoms with E-state index >= 15 is 0 Å². The fourth-order valence-electron chi connectivity index (χ4n) is 3.35. The van der Waals surface area contributed by atoms with Crippen LogP contribution in [-0.4, -0.2) is 12.1 Å². The zero-order valence-electron chi connectivity index (χ0n) is 14.4. The van der Waals surface area contributed by atoms with Crippen molar-refractivity contribution in [3.05, 3.63) is 95.9 Å². The first-order valence-corrected chi connectivity index (χ1v) is 8.51. The Hall–Kier alpha value is -3.20. The quantitative estimate of drug-likeness (QED) is 0.478. The van der Waals surface area contributed by atoms with Crippen LogP contribution in [0.25, 0.3) is 22.0 Å². The predicted molar refractivity (Wildman–Crippen MR) is 103 cm³/mol. The molecule has 0 aliphatic heterocycles. The van der Waals surface area contributed by atoms with E-state index < -0.39 is 0 Å². The highest BCUT2D eigenvalue weighted by atomic mass is 19.1. The smallest absolute Gasteiger partial charge is 0.149 e. The van der Waals surface area contributed by atoms with Crippen LogP contribution in [0, 0.1) is 5.82 Å². The van der Waals surface area contributed by atoms with Gasteiger partial charge in [0.25, 0.3) is 0 Å². The number of aromatic nitrogens is 1. The average molecular weight is 343 g/mol. The van der Waals surface area contributed by atoms with Crippen molar-refractivity contribution in [3.63, 3.8) is 0 Å². The molecule has 0 aliphatic carbocycles. The third kappa shape index (κ3) is 2.92.